The first-order chi connectivity index (χ1) is 10.6. The third-order valence-corrected chi connectivity index (χ3v) is 3.74. The number of amides is 2. The van der Waals surface area contributed by atoms with Gasteiger partial charge in [-0.25, -0.2) is 0 Å². The number of nitrogens with zero attached hydrogens (tertiary/aromatic N) is 1. The molecule has 1 saturated heterocycles. The Hall–Kier alpha value is -2.08. The number of ether oxygens (including phenoxy) is 2. The summed E-state index contributed by atoms with van der Waals surface area (Å²) < 4.78 is 10.5. The number of benzene rings is 1. The van der Waals surface area contributed by atoms with E-state index in [1.54, 1.807) is 36.3 Å². The lowest BCUT2D eigenvalue weighted by atomic mass is 10.2. The second-order valence-corrected chi connectivity index (χ2v) is 5.25. The molecule has 2 amide bonds. The number of carbonyl (C=O) groups is 2. The Kier molecular flexibility index (Phi) is 5.77. The van der Waals surface area contributed by atoms with Crippen molar-refractivity contribution in [2.45, 2.75) is 19.4 Å². The molecule has 0 saturated carbocycles. The molecule has 0 spiro atoms. The van der Waals surface area contributed by atoms with Crippen LogP contribution in [0.5, 0.6) is 5.75 Å². The smallest absolute Gasteiger partial charge is 0.251 e. The molecule has 0 bridgehead atoms. The van der Waals surface area contributed by atoms with Crippen LogP contribution in [0.25, 0.3) is 0 Å². The van der Waals surface area contributed by atoms with E-state index in [-0.39, 0.29) is 24.4 Å². The topological polar surface area (TPSA) is 67.9 Å². The second-order valence-electron chi connectivity index (χ2n) is 5.25. The molecule has 120 valence electrons. The van der Waals surface area contributed by atoms with Gasteiger partial charge in [0.15, 0.2) is 0 Å². The fraction of sp³-hybridized carbons (Fsp3) is 0.500. The van der Waals surface area contributed by atoms with Crippen LogP contribution in [-0.4, -0.2) is 56.2 Å². The van der Waals surface area contributed by atoms with Gasteiger partial charge >= 0.3 is 0 Å². The SMILES string of the molecule is COc1cccc(C(=O)NCC(=O)N2CCOCCC2C)c1. The van der Waals surface area contributed by atoms with Crippen LogP contribution in [0.4, 0.5) is 0 Å². The molecule has 1 unspecified atom stereocenters. The summed E-state index contributed by atoms with van der Waals surface area (Å²) in [6.07, 6.45) is 0.815. The predicted molar refractivity (Wildman–Crippen MR) is 81.9 cm³/mol. The Morgan fingerprint density at radius 1 is 1.41 bits per heavy atom. The van der Waals surface area contributed by atoms with Crippen LogP contribution < -0.4 is 10.1 Å². The van der Waals surface area contributed by atoms with Gasteiger partial charge in [0.25, 0.3) is 5.91 Å². The van der Waals surface area contributed by atoms with Crippen molar-refractivity contribution in [2.24, 2.45) is 0 Å². The van der Waals surface area contributed by atoms with Gasteiger partial charge in [-0.2, -0.15) is 0 Å². The van der Waals surface area contributed by atoms with Gasteiger partial charge in [-0.15, -0.1) is 0 Å². The number of nitrogens with one attached hydrogen (secondary N) is 1. The van der Waals surface area contributed by atoms with Crippen molar-refractivity contribution in [2.75, 3.05) is 33.4 Å². The summed E-state index contributed by atoms with van der Waals surface area (Å²) in [6, 6.07) is 6.96. The second kappa shape index (κ2) is 7.79. The fourth-order valence-corrected chi connectivity index (χ4v) is 2.39. The number of methoxy groups -OCH3 is 1. The van der Waals surface area contributed by atoms with E-state index >= 15 is 0 Å². The molecule has 6 nitrogen and oxygen atoms in total. The third-order valence-electron chi connectivity index (χ3n) is 3.74. The molecular formula is C16H22N2O4. The van der Waals surface area contributed by atoms with Crippen molar-refractivity contribution in [3.05, 3.63) is 29.8 Å². The molecule has 1 aliphatic heterocycles. The van der Waals surface area contributed by atoms with Gasteiger partial charge in [-0.05, 0) is 31.5 Å². The predicted octanol–water partition coefficient (Wildman–Crippen LogP) is 1.06. The lowest BCUT2D eigenvalue weighted by Crippen LogP contribution is -2.45. The van der Waals surface area contributed by atoms with E-state index in [1.807, 2.05) is 6.92 Å². The first-order valence-electron chi connectivity index (χ1n) is 7.41. The van der Waals surface area contributed by atoms with E-state index in [9.17, 15) is 9.59 Å². The molecule has 1 fully saturated rings. The van der Waals surface area contributed by atoms with Crippen molar-refractivity contribution >= 4 is 11.8 Å². The van der Waals surface area contributed by atoms with Crippen LogP contribution in [0.1, 0.15) is 23.7 Å². The van der Waals surface area contributed by atoms with Crippen molar-refractivity contribution in [3.63, 3.8) is 0 Å². The average Bonchev–Trinajstić information content (AvgIpc) is 2.76. The van der Waals surface area contributed by atoms with E-state index in [2.05, 4.69) is 5.32 Å². The van der Waals surface area contributed by atoms with Gasteiger partial charge in [0, 0.05) is 24.8 Å². The molecule has 2 rings (SSSR count). The Morgan fingerprint density at radius 2 is 2.23 bits per heavy atom. The van der Waals surface area contributed by atoms with Crippen molar-refractivity contribution in [1.29, 1.82) is 0 Å². The molecule has 0 radical (unpaired) electrons. The Labute approximate surface area is 130 Å². The minimum atomic E-state index is -0.286. The lowest BCUT2D eigenvalue weighted by molar-refractivity contribution is -0.132. The molecule has 1 N–H and O–H groups in total. The van der Waals surface area contributed by atoms with Gasteiger partial charge < -0.3 is 19.7 Å². The van der Waals surface area contributed by atoms with E-state index < -0.39 is 0 Å². The largest absolute Gasteiger partial charge is 0.497 e. The highest BCUT2D eigenvalue weighted by Gasteiger charge is 2.22. The van der Waals surface area contributed by atoms with E-state index in [0.717, 1.165) is 6.42 Å². The van der Waals surface area contributed by atoms with Gasteiger partial charge in [-0.1, -0.05) is 6.07 Å². The van der Waals surface area contributed by atoms with E-state index in [0.29, 0.717) is 31.1 Å². The van der Waals surface area contributed by atoms with Crippen LogP contribution in [0.3, 0.4) is 0 Å². The maximum Gasteiger partial charge on any atom is 0.251 e. The standard InChI is InChI=1S/C16H22N2O4/c1-12-6-8-22-9-7-18(12)15(19)11-17-16(20)13-4-3-5-14(10-13)21-2/h3-5,10,12H,6-9,11H2,1-2H3,(H,17,20). The van der Waals surface area contributed by atoms with Crippen LogP contribution in [0, 0.1) is 0 Å². The minimum absolute atomic E-state index is 0.0135. The molecule has 1 atom stereocenters. The summed E-state index contributed by atoms with van der Waals surface area (Å²) in [6.45, 7) is 3.76. The lowest BCUT2D eigenvalue weighted by Gasteiger charge is -2.26. The first-order valence-corrected chi connectivity index (χ1v) is 7.41. The zero-order chi connectivity index (χ0) is 15.9. The van der Waals surface area contributed by atoms with Gasteiger partial charge in [0.05, 0.1) is 20.3 Å². The maximum absolute atomic E-state index is 12.3. The highest BCUT2D eigenvalue weighted by atomic mass is 16.5. The van der Waals surface area contributed by atoms with Crippen LogP contribution >= 0.6 is 0 Å². The monoisotopic (exact) mass is 306 g/mol. The molecule has 0 aliphatic carbocycles. The van der Waals surface area contributed by atoms with Gasteiger partial charge in [-0.3, -0.25) is 9.59 Å². The number of carbonyl (C=O) groups excluding carboxylic acids is 2. The summed E-state index contributed by atoms with van der Waals surface area (Å²) >= 11 is 0. The zero-order valence-electron chi connectivity index (χ0n) is 13.0. The molecular weight excluding hydrogens is 284 g/mol. The average molecular weight is 306 g/mol. The van der Waals surface area contributed by atoms with Crippen molar-refractivity contribution in [1.82, 2.24) is 10.2 Å². The van der Waals surface area contributed by atoms with Gasteiger partial charge in [0.1, 0.15) is 5.75 Å². The summed E-state index contributed by atoms with van der Waals surface area (Å²) in [5, 5.41) is 2.66. The molecule has 1 heterocycles. The fourth-order valence-electron chi connectivity index (χ4n) is 2.39. The zero-order valence-corrected chi connectivity index (χ0v) is 13.0. The summed E-state index contributed by atoms with van der Waals surface area (Å²) in [5.41, 5.74) is 0.472. The quantitative estimate of drug-likeness (QED) is 0.903. The van der Waals surface area contributed by atoms with Crippen LogP contribution in [-0.2, 0) is 9.53 Å². The molecule has 1 aliphatic rings. The Balaban J connectivity index is 1.90. The van der Waals surface area contributed by atoms with Gasteiger partial charge in [0.2, 0.25) is 5.91 Å². The maximum atomic E-state index is 12.3. The number of hydrogen-bond acceptors (Lipinski definition) is 4. The van der Waals surface area contributed by atoms with Crippen LogP contribution in [0.2, 0.25) is 0 Å². The highest BCUT2D eigenvalue weighted by Crippen LogP contribution is 2.12. The normalized spacial score (nSPS) is 18.5. The third kappa shape index (κ3) is 4.21. The van der Waals surface area contributed by atoms with Crippen molar-refractivity contribution in [3.8, 4) is 5.75 Å². The molecule has 1 aromatic rings. The summed E-state index contributed by atoms with van der Waals surface area (Å²) in [7, 11) is 1.54. The molecule has 1 aromatic carbocycles. The Morgan fingerprint density at radius 3 is 3.00 bits per heavy atom. The van der Waals surface area contributed by atoms with E-state index in [1.165, 1.54) is 0 Å². The summed E-state index contributed by atoms with van der Waals surface area (Å²) in [5.74, 6) is 0.234. The Bertz CT molecular complexity index is 533. The summed E-state index contributed by atoms with van der Waals surface area (Å²) in [4.78, 5) is 26.1. The molecule has 6 heteroatoms. The number of hydrogen-bond donors (Lipinski definition) is 1. The van der Waals surface area contributed by atoms with Crippen molar-refractivity contribution < 1.29 is 19.1 Å². The molecule has 0 aromatic heterocycles. The minimum Gasteiger partial charge on any atom is -0.497 e. The van der Waals surface area contributed by atoms with E-state index in [4.69, 9.17) is 9.47 Å². The van der Waals surface area contributed by atoms with Crippen LogP contribution in [0.15, 0.2) is 24.3 Å². The first kappa shape index (κ1) is 16.3. The molecule has 22 heavy (non-hydrogen) atoms. The number of rotatable bonds is 4. The highest BCUT2D eigenvalue weighted by molar-refractivity contribution is 5.96.